The Morgan fingerprint density at radius 3 is 2.42 bits per heavy atom. The molecule has 0 saturated heterocycles. The zero-order chi connectivity index (χ0) is 13.4. The van der Waals surface area contributed by atoms with Gasteiger partial charge in [0.25, 0.3) is 0 Å². The van der Waals surface area contributed by atoms with Gasteiger partial charge in [0.05, 0.1) is 0 Å². The van der Waals surface area contributed by atoms with E-state index in [0.29, 0.717) is 12.0 Å². The summed E-state index contributed by atoms with van der Waals surface area (Å²) in [4.78, 5) is 0. The Balaban J connectivity index is 2.07. The lowest BCUT2D eigenvalue weighted by Crippen LogP contribution is -2.21. The molecule has 0 spiro atoms. The summed E-state index contributed by atoms with van der Waals surface area (Å²) in [5, 5.41) is 3.43. The van der Waals surface area contributed by atoms with E-state index in [1.807, 2.05) is 7.05 Å². The second-order valence-electron chi connectivity index (χ2n) is 5.76. The third-order valence-electron chi connectivity index (χ3n) is 4.16. The molecule has 2 aromatic carbocycles. The van der Waals surface area contributed by atoms with E-state index in [0.717, 1.165) is 6.42 Å². The smallest absolute Gasteiger partial charge is 0.0341 e. The molecule has 19 heavy (non-hydrogen) atoms. The average molecular weight is 251 g/mol. The molecule has 0 radical (unpaired) electrons. The van der Waals surface area contributed by atoms with Gasteiger partial charge in [0, 0.05) is 6.04 Å². The number of hydrogen-bond donors (Lipinski definition) is 1. The molecule has 0 amide bonds. The van der Waals surface area contributed by atoms with Gasteiger partial charge in [-0.1, -0.05) is 50.2 Å². The van der Waals surface area contributed by atoms with Gasteiger partial charge < -0.3 is 5.32 Å². The fourth-order valence-electron chi connectivity index (χ4n) is 3.22. The molecular formula is C18H21N. The van der Waals surface area contributed by atoms with E-state index in [4.69, 9.17) is 0 Å². The molecule has 1 aliphatic carbocycles. The lowest BCUT2D eigenvalue weighted by Gasteiger charge is -2.21. The Labute approximate surface area is 115 Å². The lowest BCUT2D eigenvalue weighted by atomic mass is 9.93. The summed E-state index contributed by atoms with van der Waals surface area (Å²) >= 11 is 0. The van der Waals surface area contributed by atoms with Crippen LogP contribution in [0.3, 0.4) is 0 Å². The quantitative estimate of drug-likeness (QED) is 0.736. The van der Waals surface area contributed by atoms with Crippen LogP contribution < -0.4 is 5.32 Å². The van der Waals surface area contributed by atoms with Gasteiger partial charge >= 0.3 is 0 Å². The Bertz CT molecular complexity index is 598. The van der Waals surface area contributed by atoms with E-state index in [-0.39, 0.29) is 0 Å². The topological polar surface area (TPSA) is 12.0 Å². The molecule has 1 unspecified atom stereocenters. The molecule has 0 aromatic heterocycles. The van der Waals surface area contributed by atoms with Gasteiger partial charge in [0.15, 0.2) is 0 Å². The van der Waals surface area contributed by atoms with Crippen LogP contribution in [0.2, 0.25) is 0 Å². The van der Waals surface area contributed by atoms with Crippen LogP contribution in [-0.2, 0) is 6.42 Å². The zero-order valence-corrected chi connectivity index (χ0v) is 11.9. The highest BCUT2D eigenvalue weighted by atomic mass is 14.9. The van der Waals surface area contributed by atoms with Gasteiger partial charge in [-0.2, -0.15) is 0 Å². The predicted octanol–water partition coefficient (Wildman–Crippen LogP) is 4.17. The van der Waals surface area contributed by atoms with E-state index in [1.165, 1.54) is 27.8 Å². The Kier molecular flexibility index (Phi) is 3.16. The van der Waals surface area contributed by atoms with Crippen molar-refractivity contribution in [1.29, 1.82) is 0 Å². The molecule has 0 aliphatic heterocycles. The van der Waals surface area contributed by atoms with Crippen molar-refractivity contribution in [2.45, 2.75) is 26.3 Å². The van der Waals surface area contributed by atoms with Crippen LogP contribution in [-0.4, -0.2) is 7.05 Å². The maximum Gasteiger partial charge on any atom is 0.0341 e. The second kappa shape index (κ2) is 4.82. The van der Waals surface area contributed by atoms with Crippen LogP contribution >= 0.6 is 0 Å². The molecule has 2 aromatic rings. The average Bonchev–Trinajstić information content (AvgIpc) is 2.77. The molecule has 0 heterocycles. The predicted molar refractivity (Wildman–Crippen MR) is 81.3 cm³/mol. The van der Waals surface area contributed by atoms with E-state index < -0.39 is 0 Å². The number of rotatable bonds is 3. The molecule has 0 saturated carbocycles. The standard InChI is InChI=1S/C18H21N/c1-12(2)18(19-3)15-9-8-14-10-13-6-4-5-7-16(13)17(14)11-15/h4-9,11-12,18-19H,10H2,1-3H3. The summed E-state index contributed by atoms with van der Waals surface area (Å²) < 4.78 is 0. The first-order chi connectivity index (χ1) is 9.20. The molecule has 0 fully saturated rings. The maximum atomic E-state index is 3.43. The Morgan fingerprint density at radius 2 is 1.68 bits per heavy atom. The third kappa shape index (κ3) is 2.08. The molecule has 1 N–H and O–H groups in total. The molecule has 1 atom stereocenters. The van der Waals surface area contributed by atoms with Crippen molar-refractivity contribution < 1.29 is 0 Å². The summed E-state index contributed by atoms with van der Waals surface area (Å²) in [7, 11) is 2.05. The van der Waals surface area contributed by atoms with Crippen molar-refractivity contribution in [2.75, 3.05) is 7.05 Å². The number of benzene rings is 2. The van der Waals surface area contributed by atoms with Gasteiger partial charge in [0.2, 0.25) is 0 Å². The largest absolute Gasteiger partial charge is 0.313 e. The first-order valence-corrected chi connectivity index (χ1v) is 7.09. The molecular weight excluding hydrogens is 230 g/mol. The molecule has 3 rings (SSSR count). The Morgan fingerprint density at radius 1 is 0.947 bits per heavy atom. The minimum atomic E-state index is 0.429. The minimum absolute atomic E-state index is 0.429. The fourth-order valence-corrected chi connectivity index (χ4v) is 3.22. The van der Waals surface area contributed by atoms with Gasteiger partial charge in [-0.15, -0.1) is 0 Å². The van der Waals surface area contributed by atoms with Crippen molar-refractivity contribution in [2.24, 2.45) is 5.92 Å². The van der Waals surface area contributed by atoms with Crippen LogP contribution in [0.15, 0.2) is 42.5 Å². The lowest BCUT2D eigenvalue weighted by molar-refractivity contribution is 0.443. The monoisotopic (exact) mass is 251 g/mol. The number of nitrogens with one attached hydrogen (secondary N) is 1. The summed E-state index contributed by atoms with van der Waals surface area (Å²) in [5.74, 6) is 0.597. The molecule has 1 nitrogen and oxygen atoms in total. The fraction of sp³-hybridized carbons (Fsp3) is 0.333. The van der Waals surface area contributed by atoms with E-state index in [1.54, 1.807) is 0 Å². The van der Waals surface area contributed by atoms with E-state index in [9.17, 15) is 0 Å². The normalized spacial score (nSPS) is 14.3. The molecule has 0 bridgehead atoms. The van der Waals surface area contributed by atoms with Gasteiger partial charge in [0.1, 0.15) is 0 Å². The number of fused-ring (bicyclic) bond motifs is 3. The van der Waals surface area contributed by atoms with Gasteiger partial charge in [-0.05, 0) is 53.3 Å². The van der Waals surface area contributed by atoms with Crippen LogP contribution in [0, 0.1) is 5.92 Å². The molecule has 1 aliphatic rings. The van der Waals surface area contributed by atoms with Gasteiger partial charge in [-0.3, -0.25) is 0 Å². The maximum absolute atomic E-state index is 3.43. The van der Waals surface area contributed by atoms with Crippen molar-refractivity contribution in [3.63, 3.8) is 0 Å². The van der Waals surface area contributed by atoms with Crippen LogP contribution in [0.4, 0.5) is 0 Å². The van der Waals surface area contributed by atoms with Crippen molar-refractivity contribution in [3.05, 3.63) is 59.2 Å². The highest BCUT2D eigenvalue weighted by Crippen LogP contribution is 2.38. The summed E-state index contributed by atoms with van der Waals surface area (Å²) in [6, 6.07) is 16.2. The highest BCUT2D eigenvalue weighted by molar-refractivity contribution is 5.77. The van der Waals surface area contributed by atoms with Crippen LogP contribution in [0.5, 0.6) is 0 Å². The van der Waals surface area contributed by atoms with Gasteiger partial charge in [-0.25, -0.2) is 0 Å². The SMILES string of the molecule is CNC(c1ccc2c(c1)-c1ccccc1C2)C(C)C. The van der Waals surface area contributed by atoms with Crippen LogP contribution in [0.1, 0.15) is 36.6 Å². The first-order valence-electron chi connectivity index (χ1n) is 7.09. The molecule has 1 heteroatoms. The summed E-state index contributed by atoms with van der Waals surface area (Å²) in [6.07, 6.45) is 1.08. The highest BCUT2D eigenvalue weighted by Gasteiger charge is 2.20. The third-order valence-corrected chi connectivity index (χ3v) is 4.16. The first kappa shape index (κ1) is 12.4. The van der Waals surface area contributed by atoms with E-state index in [2.05, 4.69) is 61.6 Å². The minimum Gasteiger partial charge on any atom is -0.313 e. The van der Waals surface area contributed by atoms with E-state index >= 15 is 0 Å². The van der Waals surface area contributed by atoms with Crippen LogP contribution in [0.25, 0.3) is 11.1 Å². The number of hydrogen-bond acceptors (Lipinski definition) is 1. The second-order valence-corrected chi connectivity index (χ2v) is 5.76. The van der Waals surface area contributed by atoms with Crippen molar-refractivity contribution in [3.8, 4) is 11.1 Å². The molecule has 98 valence electrons. The summed E-state index contributed by atoms with van der Waals surface area (Å²) in [6.45, 7) is 4.53. The summed E-state index contributed by atoms with van der Waals surface area (Å²) in [5.41, 5.74) is 7.16. The Hall–Kier alpha value is -1.60. The van der Waals surface area contributed by atoms with Crippen molar-refractivity contribution >= 4 is 0 Å². The zero-order valence-electron chi connectivity index (χ0n) is 11.9. The van der Waals surface area contributed by atoms with Crippen molar-refractivity contribution in [1.82, 2.24) is 5.32 Å².